The molecule has 156 valence electrons. The normalized spacial score (nSPS) is 10.5. The summed E-state index contributed by atoms with van der Waals surface area (Å²) in [6, 6.07) is 18.3. The molecule has 7 nitrogen and oxygen atoms in total. The molecule has 2 amide bonds. The lowest BCUT2D eigenvalue weighted by molar-refractivity contribution is -0.136. The fourth-order valence-corrected chi connectivity index (χ4v) is 2.84. The number of benzene rings is 3. The number of ether oxygens (including phenoxy) is 1. The number of anilines is 1. The number of esters is 1. The quantitative estimate of drug-likeness (QED) is 0.189. The van der Waals surface area contributed by atoms with Crippen molar-refractivity contribution in [3.05, 3.63) is 94.2 Å². The number of hydrazone groups is 1. The first-order valence-electron chi connectivity index (χ1n) is 8.90. The number of hydrogen-bond acceptors (Lipinski definition) is 5. The third-order valence-corrected chi connectivity index (χ3v) is 4.58. The standard InChI is InChI=1S/C22H15BrFN3O4/c23-18-7-3-2-6-17(18)22(30)31-19-8-4-1-5-14(19)13-25-27-21(29)20(28)26-16-11-9-15(24)10-12-16/h1-13H,(H,26,28)(H,27,29)/b25-13+. The second-order valence-corrected chi connectivity index (χ2v) is 6.92. The Bertz CT molecular complexity index is 1150. The van der Waals surface area contributed by atoms with E-state index in [2.05, 4.69) is 31.8 Å². The van der Waals surface area contributed by atoms with Gasteiger partial charge in [-0.1, -0.05) is 24.3 Å². The van der Waals surface area contributed by atoms with Crippen LogP contribution in [0.2, 0.25) is 0 Å². The van der Waals surface area contributed by atoms with Gasteiger partial charge < -0.3 is 10.1 Å². The molecule has 31 heavy (non-hydrogen) atoms. The molecule has 0 atom stereocenters. The molecule has 3 aromatic carbocycles. The van der Waals surface area contributed by atoms with E-state index in [1.54, 1.807) is 48.5 Å². The van der Waals surface area contributed by atoms with Crippen molar-refractivity contribution in [2.45, 2.75) is 0 Å². The van der Waals surface area contributed by atoms with Crippen LogP contribution < -0.4 is 15.5 Å². The highest BCUT2D eigenvalue weighted by Crippen LogP contribution is 2.21. The van der Waals surface area contributed by atoms with Crippen LogP contribution in [0, 0.1) is 5.82 Å². The van der Waals surface area contributed by atoms with Gasteiger partial charge in [0.05, 0.1) is 11.8 Å². The SMILES string of the molecule is O=C(N/N=C/c1ccccc1OC(=O)c1ccccc1Br)C(=O)Nc1ccc(F)cc1. The fourth-order valence-electron chi connectivity index (χ4n) is 2.39. The highest BCUT2D eigenvalue weighted by molar-refractivity contribution is 9.10. The van der Waals surface area contributed by atoms with Crippen LogP contribution in [0.15, 0.2) is 82.4 Å². The molecule has 0 aliphatic carbocycles. The van der Waals surface area contributed by atoms with Gasteiger partial charge in [0.25, 0.3) is 0 Å². The lowest BCUT2D eigenvalue weighted by Gasteiger charge is -2.08. The zero-order valence-corrected chi connectivity index (χ0v) is 17.4. The molecule has 0 heterocycles. The Morgan fingerprint density at radius 2 is 1.58 bits per heavy atom. The lowest BCUT2D eigenvalue weighted by atomic mass is 10.2. The van der Waals surface area contributed by atoms with Crippen molar-refractivity contribution in [1.82, 2.24) is 5.43 Å². The zero-order chi connectivity index (χ0) is 22.2. The average molecular weight is 484 g/mol. The topological polar surface area (TPSA) is 96.9 Å². The summed E-state index contributed by atoms with van der Waals surface area (Å²) in [5.41, 5.74) is 3.09. The third-order valence-electron chi connectivity index (χ3n) is 3.89. The fraction of sp³-hybridized carbons (Fsp3) is 0. The van der Waals surface area contributed by atoms with Crippen molar-refractivity contribution in [2.24, 2.45) is 5.10 Å². The third kappa shape index (κ3) is 6.06. The van der Waals surface area contributed by atoms with Gasteiger partial charge in [-0.2, -0.15) is 5.10 Å². The Kier molecular flexibility index (Phi) is 7.23. The zero-order valence-electron chi connectivity index (χ0n) is 15.8. The minimum absolute atomic E-state index is 0.219. The summed E-state index contributed by atoms with van der Waals surface area (Å²) >= 11 is 3.30. The predicted molar refractivity (Wildman–Crippen MR) is 116 cm³/mol. The molecule has 0 spiro atoms. The minimum Gasteiger partial charge on any atom is -0.422 e. The smallest absolute Gasteiger partial charge is 0.344 e. The molecular formula is C22H15BrFN3O4. The number of para-hydroxylation sites is 1. The molecular weight excluding hydrogens is 469 g/mol. The Hall–Kier alpha value is -3.85. The first-order chi connectivity index (χ1) is 14.9. The van der Waals surface area contributed by atoms with E-state index in [0.717, 1.165) is 12.1 Å². The van der Waals surface area contributed by atoms with Crippen LogP contribution in [0.25, 0.3) is 0 Å². The van der Waals surface area contributed by atoms with Gasteiger partial charge in [-0.15, -0.1) is 0 Å². The van der Waals surface area contributed by atoms with Crippen molar-refractivity contribution in [2.75, 3.05) is 5.32 Å². The molecule has 0 saturated heterocycles. The van der Waals surface area contributed by atoms with Crippen molar-refractivity contribution in [1.29, 1.82) is 0 Å². The lowest BCUT2D eigenvalue weighted by Crippen LogP contribution is -2.32. The van der Waals surface area contributed by atoms with Gasteiger partial charge in [0, 0.05) is 15.7 Å². The number of nitrogens with one attached hydrogen (secondary N) is 2. The number of halogens is 2. The molecule has 3 rings (SSSR count). The second-order valence-electron chi connectivity index (χ2n) is 6.07. The second kappa shape index (κ2) is 10.3. The number of carbonyl (C=O) groups is 3. The summed E-state index contributed by atoms with van der Waals surface area (Å²) < 4.78 is 18.9. The summed E-state index contributed by atoms with van der Waals surface area (Å²) in [5, 5.41) is 6.04. The van der Waals surface area contributed by atoms with Crippen LogP contribution in [0.1, 0.15) is 15.9 Å². The van der Waals surface area contributed by atoms with Gasteiger partial charge in [0.1, 0.15) is 11.6 Å². The Morgan fingerprint density at radius 1 is 0.903 bits per heavy atom. The monoisotopic (exact) mass is 483 g/mol. The van der Waals surface area contributed by atoms with E-state index in [1.807, 2.05) is 0 Å². The van der Waals surface area contributed by atoms with E-state index in [-0.39, 0.29) is 11.4 Å². The Morgan fingerprint density at radius 3 is 2.32 bits per heavy atom. The highest BCUT2D eigenvalue weighted by Gasteiger charge is 2.15. The van der Waals surface area contributed by atoms with Crippen molar-refractivity contribution < 1.29 is 23.5 Å². The number of carbonyl (C=O) groups excluding carboxylic acids is 3. The van der Waals surface area contributed by atoms with Gasteiger partial charge in [0.2, 0.25) is 0 Å². The van der Waals surface area contributed by atoms with E-state index < -0.39 is 23.6 Å². The van der Waals surface area contributed by atoms with E-state index in [4.69, 9.17) is 4.74 Å². The predicted octanol–water partition coefficient (Wildman–Crippen LogP) is 3.90. The van der Waals surface area contributed by atoms with E-state index in [1.165, 1.54) is 18.3 Å². The van der Waals surface area contributed by atoms with Crippen LogP contribution in [0.4, 0.5) is 10.1 Å². The molecule has 0 radical (unpaired) electrons. The molecule has 3 aromatic rings. The van der Waals surface area contributed by atoms with Gasteiger partial charge in [0.15, 0.2) is 0 Å². The first-order valence-corrected chi connectivity index (χ1v) is 9.69. The molecule has 0 fully saturated rings. The molecule has 0 bridgehead atoms. The number of nitrogens with zero attached hydrogens (tertiary/aromatic N) is 1. The largest absolute Gasteiger partial charge is 0.422 e. The number of hydrogen-bond donors (Lipinski definition) is 2. The van der Waals surface area contributed by atoms with Crippen molar-refractivity contribution >= 4 is 45.6 Å². The summed E-state index contributed by atoms with van der Waals surface area (Å²) in [4.78, 5) is 36.2. The molecule has 0 saturated carbocycles. The average Bonchev–Trinajstić information content (AvgIpc) is 2.76. The van der Waals surface area contributed by atoms with Crippen LogP contribution in [-0.4, -0.2) is 24.0 Å². The van der Waals surface area contributed by atoms with E-state index >= 15 is 0 Å². The molecule has 0 aliphatic rings. The van der Waals surface area contributed by atoms with Gasteiger partial charge in [-0.25, -0.2) is 14.6 Å². The number of rotatable bonds is 5. The van der Waals surface area contributed by atoms with Crippen LogP contribution >= 0.6 is 15.9 Å². The minimum atomic E-state index is -1.02. The molecule has 0 unspecified atom stereocenters. The maximum atomic E-state index is 12.9. The summed E-state index contributed by atoms with van der Waals surface area (Å²) in [7, 11) is 0. The molecule has 0 aromatic heterocycles. The van der Waals surface area contributed by atoms with Crippen molar-refractivity contribution in [3.63, 3.8) is 0 Å². The maximum absolute atomic E-state index is 12.9. The Labute approximate surface area is 185 Å². The van der Waals surface area contributed by atoms with Gasteiger partial charge >= 0.3 is 17.8 Å². The summed E-state index contributed by atoms with van der Waals surface area (Å²) in [6.45, 7) is 0. The first kappa shape index (κ1) is 21.8. The van der Waals surface area contributed by atoms with Crippen LogP contribution in [0.5, 0.6) is 5.75 Å². The van der Waals surface area contributed by atoms with Crippen LogP contribution in [0.3, 0.4) is 0 Å². The van der Waals surface area contributed by atoms with E-state index in [9.17, 15) is 18.8 Å². The van der Waals surface area contributed by atoms with Crippen LogP contribution in [-0.2, 0) is 9.59 Å². The van der Waals surface area contributed by atoms with Gasteiger partial charge in [-0.3, -0.25) is 9.59 Å². The molecule has 0 aliphatic heterocycles. The number of amides is 2. The van der Waals surface area contributed by atoms with Crippen molar-refractivity contribution in [3.8, 4) is 5.75 Å². The molecule has 9 heteroatoms. The summed E-state index contributed by atoms with van der Waals surface area (Å²) in [5.74, 6) is -2.82. The van der Waals surface area contributed by atoms with E-state index in [0.29, 0.717) is 15.6 Å². The summed E-state index contributed by atoms with van der Waals surface area (Å²) in [6.07, 6.45) is 1.24. The van der Waals surface area contributed by atoms with Gasteiger partial charge in [-0.05, 0) is 64.5 Å². The Balaban J connectivity index is 1.63. The maximum Gasteiger partial charge on any atom is 0.344 e. The molecule has 2 N–H and O–H groups in total. The highest BCUT2D eigenvalue weighted by atomic mass is 79.9.